The largest absolute Gasteiger partial charge is 0.356 e. The van der Waals surface area contributed by atoms with Gasteiger partial charge in [0.1, 0.15) is 0 Å². The van der Waals surface area contributed by atoms with E-state index in [-0.39, 0.29) is 27.7 Å². The number of anilines is 1. The first-order valence-electron chi connectivity index (χ1n) is 9.35. The molecule has 0 saturated carbocycles. The molecule has 3 rings (SSSR count). The highest BCUT2D eigenvalue weighted by atomic mass is 32.1. The van der Waals surface area contributed by atoms with Gasteiger partial charge in [0.05, 0.1) is 5.92 Å². The molecule has 2 aromatic rings. The van der Waals surface area contributed by atoms with Crippen LogP contribution < -0.4 is 10.6 Å². The van der Waals surface area contributed by atoms with Gasteiger partial charge in [-0.2, -0.15) is 0 Å². The number of hydrogen-bond donors (Lipinski definition) is 2. The van der Waals surface area contributed by atoms with Crippen molar-refractivity contribution in [3.8, 4) is 0 Å². The first-order valence-corrected chi connectivity index (χ1v) is 10.2. The molecule has 3 amide bonds. The van der Waals surface area contributed by atoms with Crippen molar-refractivity contribution >= 4 is 34.7 Å². The summed E-state index contributed by atoms with van der Waals surface area (Å²) in [5.74, 6) is -0.917. The van der Waals surface area contributed by atoms with Crippen molar-refractivity contribution in [2.75, 3.05) is 25.0 Å². The lowest BCUT2D eigenvalue weighted by Gasteiger charge is -2.31. The molecule has 1 saturated heterocycles. The third-order valence-corrected chi connectivity index (χ3v) is 5.37. The summed E-state index contributed by atoms with van der Waals surface area (Å²) in [5, 5.41) is 13.6. The Bertz CT molecular complexity index is 839. The second kappa shape index (κ2) is 9.41. The van der Waals surface area contributed by atoms with E-state index in [0.717, 1.165) is 30.6 Å². The third-order valence-electron chi connectivity index (χ3n) is 4.46. The lowest BCUT2D eigenvalue weighted by molar-refractivity contribution is -0.126. The molecule has 1 fully saturated rings. The molecule has 1 aliphatic heterocycles. The molecule has 1 atom stereocenters. The molecular weight excluding hydrogens is 378 g/mol. The summed E-state index contributed by atoms with van der Waals surface area (Å²) in [4.78, 5) is 38.9. The van der Waals surface area contributed by atoms with Crippen molar-refractivity contribution in [2.45, 2.75) is 26.2 Å². The molecule has 2 N–H and O–H groups in total. The zero-order valence-electron chi connectivity index (χ0n) is 15.7. The number of aromatic nitrogens is 2. The number of piperidine rings is 1. The highest BCUT2D eigenvalue weighted by Crippen LogP contribution is 2.21. The monoisotopic (exact) mass is 401 g/mol. The summed E-state index contributed by atoms with van der Waals surface area (Å²) >= 11 is 0.959. The van der Waals surface area contributed by atoms with E-state index in [0.29, 0.717) is 25.3 Å². The fraction of sp³-hybridized carbons (Fsp3) is 0.421. The minimum Gasteiger partial charge on any atom is -0.356 e. The normalized spacial score (nSPS) is 16.5. The average Bonchev–Trinajstić information content (AvgIpc) is 3.22. The molecule has 9 heteroatoms. The van der Waals surface area contributed by atoms with E-state index in [1.54, 1.807) is 17.0 Å². The maximum atomic E-state index is 12.7. The van der Waals surface area contributed by atoms with E-state index in [1.807, 2.05) is 25.1 Å². The highest BCUT2D eigenvalue weighted by Gasteiger charge is 2.30. The van der Waals surface area contributed by atoms with Crippen molar-refractivity contribution in [3.63, 3.8) is 0 Å². The molecule has 1 aromatic heterocycles. The van der Waals surface area contributed by atoms with Gasteiger partial charge in [-0.15, -0.1) is 10.2 Å². The minimum atomic E-state index is -0.404. The van der Waals surface area contributed by atoms with Gasteiger partial charge < -0.3 is 15.5 Å². The van der Waals surface area contributed by atoms with Gasteiger partial charge in [-0.1, -0.05) is 36.5 Å². The first kappa shape index (κ1) is 19.9. The van der Waals surface area contributed by atoms with Crippen LogP contribution in [-0.4, -0.2) is 52.5 Å². The summed E-state index contributed by atoms with van der Waals surface area (Å²) in [5.41, 5.74) is 0.646. The van der Waals surface area contributed by atoms with E-state index in [4.69, 9.17) is 0 Å². The number of benzene rings is 1. The van der Waals surface area contributed by atoms with E-state index in [1.165, 1.54) is 0 Å². The van der Waals surface area contributed by atoms with Crippen LogP contribution in [0.5, 0.6) is 0 Å². The summed E-state index contributed by atoms with van der Waals surface area (Å²) in [6.07, 6.45) is 2.40. The van der Waals surface area contributed by atoms with E-state index >= 15 is 0 Å². The number of likely N-dealkylation sites (tertiary alicyclic amines) is 1. The Morgan fingerprint density at radius 2 is 1.93 bits per heavy atom. The van der Waals surface area contributed by atoms with E-state index in [2.05, 4.69) is 20.8 Å². The SMILES string of the molecule is CCCNC(=O)[C@@H]1CCCN(C(=O)c2nnc(C(=O)Nc3ccccc3)s2)C1. The number of nitrogens with zero attached hydrogens (tertiary/aromatic N) is 3. The zero-order chi connectivity index (χ0) is 19.9. The van der Waals surface area contributed by atoms with Gasteiger partial charge in [0.15, 0.2) is 0 Å². The first-order chi connectivity index (χ1) is 13.6. The maximum absolute atomic E-state index is 12.7. The Labute approximate surface area is 167 Å². The quantitative estimate of drug-likeness (QED) is 0.772. The second-order valence-electron chi connectivity index (χ2n) is 6.61. The van der Waals surface area contributed by atoms with Gasteiger partial charge in [0.2, 0.25) is 15.9 Å². The van der Waals surface area contributed by atoms with Crippen molar-refractivity contribution in [1.29, 1.82) is 0 Å². The van der Waals surface area contributed by atoms with Crippen LogP contribution in [0.3, 0.4) is 0 Å². The van der Waals surface area contributed by atoms with Crippen LogP contribution in [0.2, 0.25) is 0 Å². The molecular formula is C19H23N5O3S. The number of rotatable bonds is 6. The number of carbonyl (C=O) groups excluding carboxylic acids is 3. The zero-order valence-corrected chi connectivity index (χ0v) is 16.5. The van der Waals surface area contributed by atoms with Crippen molar-refractivity contribution in [1.82, 2.24) is 20.4 Å². The van der Waals surface area contributed by atoms with Gasteiger partial charge in [-0.3, -0.25) is 14.4 Å². The summed E-state index contributed by atoms with van der Waals surface area (Å²) in [6.45, 7) is 3.57. The van der Waals surface area contributed by atoms with Gasteiger partial charge in [-0.25, -0.2) is 0 Å². The molecule has 2 heterocycles. The molecule has 8 nitrogen and oxygen atoms in total. The molecule has 1 aromatic carbocycles. The Morgan fingerprint density at radius 3 is 2.68 bits per heavy atom. The highest BCUT2D eigenvalue weighted by molar-refractivity contribution is 7.15. The van der Waals surface area contributed by atoms with Crippen LogP contribution in [0, 0.1) is 5.92 Å². The maximum Gasteiger partial charge on any atom is 0.286 e. The Morgan fingerprint density at radius 1 is 1.18 bits per heavy atom. The Balaban J connectivity index is 1.61. The number of amides is 3. The molecule has 0 radical (unpaired) electrons. The van der Waals surface area contributed by atoms with Gasteiger partial charge in [0.25, 0.3) is 11.8 Å². The predicted molar refractivity (Wildman–Crippen MR) is 106 cm³/mol. The average molecular weight is 401 g/mol. The van der Waals surface area contributed by atoms with E-state index in [9.17, 15) is 14.4 Å². The van der Waals surface area contributed by atoms with Gasteiger partial charge in [-0.05, 0) is 31.4 Å². The number of nitrogens with one attached hydrogen (secondary N) is 2. The third kappa shape index (κ3) is 4.92. The summed E-state index contributed by atoms with van der Waals surface area (Å²) < 4.78 is 0. The summed E-state index contributed by atoms with van der Waals surface area (Å²) in [6, 6.07) is 9.01. The number of hydrogen-bond acceptors (Lipinski definition) is 6. The Hall–Kier alpha value is -2.81. The molecule has 0 bridgehead atoms. The fourth-order valence-electron chi connectivity index (χ4n) is 3.01. The number of para-hydroxylation sites is 1. The van der Waals surface area contributed by atoms with Crippen LogP contribution in [0.1, 0.15) is 45.8 Å². The fourth-order valence-corrected chi connectivity index (χ4v) is 3.72. The molecule has 28 heavy (non-hydrogen) atoms. The lowest BCUT2D eigenvalue weighted by Crippen LogP contribution is -2.45. The lowest BCUT2D eigenvalue weighted by atomic mass is 9.97. The second-order valence-corrected chi connectivity index (χ2v) is 7.59. The van der Waals surface area contributed by atoms with Gasteiger partial charge >= 0.3 is 0 Å². The molecule has 0 unspecified atom stereocenters. The Kier molecular flexibility index (Phi) is 6.70. The smallest absolute Gasteiger partial charge is 0.286 e. The van der Waals surface area contributed by atoms with Crippen molar-refractivity contribution < 1.29 is 14.4 Å². The number of carbonyl (C=O) groups is 3. The topological polar surface area (TPSA) is 104 Å². The molecule has 148 valence electrons. The van der Waals surface area contributed by atoms with Crippen molar-refractivity contribution in [2.24, 2.45) is 5.92 Å². The molecule has 0 aliphatic carbocycles. The predicted octanol–water partition coefficient (Wildman–Crippen LogP) is 2.17. The molecule has 0 spiro atoms. The van der Waals surface area contributed by atoms with Crippen LogP contribution in [-0.2, 0) is 4.79 Å². The van der Waals surface area contributed by atoms with Crippen LogP contribution in [0.15, 0.2) is 30.3 Å². The minimum absolute atomic E-state index is 0.0143. The molecule has 1 aliphatic rings. The van der Waals surface area contributed by atoms with Crippen molar-refractivity contribution in [3.05, 3.63) is 40.3 Å². The standard InChI is InChI=1S/C19H23N5O3S/c1-2-10-20-15(25)13-7-6-11-24(12-13)19(27)18-23-22-17(28-18)16(26)21-14-8-4-3-5-9-14/h3-5,8-9,13H,2,6-7,10-12H2,1H3,(H,20,25)(H,21,26)/t13-/m1/s1. The van der Waals surface area contributed by atoms with Crippen LogP contribution in [0.4, 0.5) is 5.69 Å². The van der Waals surface area contributed by atoms with Gasteiger partial charge in [0, 0.05) is 25.3 Å². The summed E-state index contributed by atoms with van der Waals surface area (Å²) in [7, 11) is 0. The van der Waals surface area contributed by atoms with E-state index < -0.39 is 5.91 Å². The van der Waals surface area contributed by atoms with Crippen LogP contribution >= 0.6 is 11.3 Å². The van der Waals surface area contributed by atoms with Crippen LogP contribution in [0.25, 0.3) is 0 Å².